The Morgan fingerprint density at radius 2 is 2.00 bits per heavy atom. The number of nitro groups is 1. The van der Waals surface area contributed by atoms with E-state index in [1.165, 1.54) is 0 Å². The van der Waals surface area contributed by atoms with Gasteiger partial charge in [0.1, 0.15) is 0 Å². The van der Waals surface area contributed by atoms with Gasteiger partial charge >= 0.3 is 11.7 Å². The molecule has 108 valence electrons. The van der Waals surface area contributed by atoms with Crippen molar-refractivity contribution in [3.8, 4) is 0 Å². The van der Waals surface area contributed by atoms with Crippen LogP contribution in [-0.2, 0) is 9.53 Å². The largest absolute Gasteiger partial charge is 0.458 e. The molecule has 0 aliphatic heterocycles. The second-order valence-electron chi connectivity index (χ2n) is 4.18. The van der Waals surface area contributed by atoms with E-state index in [4.69, 9.17) is 0 Å². The Hall–Kier alpha value is -2.89. The molecule has 2 aromatic carbocycles. The summed E-state index contributed by atoms with van der Waals surface area (Å²) in [6.45, 7) is 1.67. The average Bonchev–Trinajstić information content (AvgIpc) is 2.47. The van der Waals surface area contributed by atoms with E-state index in [1.54, 1.807) is 13.0 Å². The fourth-order valence-corrected chi connectivity index (χ4v) is 1.89. The maximum absolute atomic E-state index is 11.5. The summed E-state index contributed by atoms with van der Waals surface area (Å²) in [7, 11) is 0. The van der Waals surface area contributed by atoms with Gasteiger partial charge in [0.15, 0.2) is 0 Å². The van der Waals surface area contributed by atoms with E-state index in [0.29, 0.717) is 5.69 Å². The van der Waals surface area contributed by atoms with Crippen LogP contribution >= 0.6 is 0 Å². The monoisotopic (exact) mass is 286 g/mol. The van der Waals surface area contributed by atoms with Crippen LogP contribution in [0.4, 0.5) is 5.69 Å². The second kappa shape index (κ2) is 6.51. The van der Waals surface area contributed by atoms with Crippen LogP contribution in [-0.4, -0.2) is 17.5 Å². The van der Waals surface area contributed by atoms with Crippen LogP contribution in [0.1, 0.15) is 6.92 Å². The van der Waals surface area contributed by atoms with Crippen molar-refractivity contribution < 1.29 is 14.5 Å². The molecule has 0 aliphatic rings. The van der Waals surface area contributed by atoms with E-state index in [2.05, 4.69) is 10.1 Å². The summed E-state index contributed by atoms with van der Waals surface area (Å²) in [5, 5.41) is 15.6. The third-order valence-corrected chi connectivity index (χ3v) is 2.84. The molecule has 2 aromatic rings. The standard InChI is InChI=1S/C15H14N2O4/c1-2-21-15(18)14(17(19)20)10-16-13-9-5-7-11-6-3-4-8-12(11)13/h3-10,16H,2H2,1H3/b14-10+. The topological polar surface area (TPSA) is 81.5 Å². The molecule has 0 heterocycles. The first-order valence-corrected chi connectivity index (χ1v) is 6.39. The van der Waals surface area contributed by atoms with Crippen molar-refractivity contribution in [2.45, 2.75) is 6.92 Å². The lowest BCUT2D eigenvalue weighted by molar-refractivity contribution is -0.421. The number of hydrogen-bond acceptors (Lipinski definition) is 5. The molecule has 0 fully saturated rings. The Morgan fingerprint density at radius 3 is 2.71 bits per heavy atom. The number of esters is 1. The fourth-order valence-electron chi connectivity index (χ4n) is 1.89. The van der Waals surface area contributed by atoms with Crippen molar-refractivity contribution in [2.75, 3.05) is 11.9 Å². The Morgan fingerprint density at radius 1 is 1.29 bits per heavy atom. The van der Waals surface area contributed by atoms with Crippen molar-refractivity contribution in [2.24, 2.45) is 0 Å². The highest BCUT2D eigenvalue weighted by atomic mass is 16.6. The number of hydrogen-bond donors (Lipinski definition) is 1. The molecule has 0 atom stereocenters. The molecule has 0 saturated heterocycles. The number of fused-ring (bicyclic) bond motifs is 1. The van der Waals surface area contributed by atoms with Crippen LogP contribution in [0.2, 0.25) is 0 Å². The summed E-state index contributed by atoms with van der Waals surface area (Å²) < 4.78 is 4.65. The Bertz CT molecular complexity index is 704. The zero-order valence-electron chi connectivity index (χ0n) is 11.4. The third-order valence-electron chi connectivity index (χ3n) is 2.84. The van der Waals surface area contributed by atoms with Crippen LogP contribution in [0.15, 0.2) is 54.4 Å². The molecule has 0 aliphatic carbocycles. The lowest BCUT2D eigenvalue weighted by atomic mass is 10.1. The summed E-state index contributed by atoms with van der Waals surface area (Å²) in [6.07, 6.45) is 1.06. The van der Waals surface area contributed by atoms with E-state index in [9.17, 15) is 14.9 Å². The molecular formula is C15H14N2O4. The Kier molecular flexibility index (Phi) is 4.50. The zero-order valence-corrected chi connectivity index (χ0v) is 11.4. The molecule has 0 amide bonds. The van der Waals surface area contributed by atoms with Crippen molar-refractivity contribution in [3.63, 3.8) is 0 Å². The van der Waals surface area contributed by atoms with Crippen molar-refractivity contribution >= 4 is 22.4 Å². The summed E-state index contributed by atoms with van der Waals surface area (Å²) in [5.41, 5.74) is 0.0431. The quantitative estimate of drug-likeness (QED) is 0.395. The van der Waals surface area contributed by atoms with E-state index in [0.717, 1.165) is 17.0 Å². The molecule has 6 nitrogen and oxygen atoms in total. The normalized spacial score (nSPS) is 11.2. The average molecular weight is 286 g/mol. The van der Waals surface area contributed by atoms with Gasteiger partial charge in [-0.25, -0.2) is 4.79 Å². The first-order valence-electron chi connectivity index (χ1n) is 6.39. The highest BCUT2D eigenvalue weighted by Crippen LogP contribution is 2.23. The lowest BCUT2D eigenvalue weighted by Crippen LogP contribution is -2.16. The predicted molar refractivity (Wildman–Crippen MR) is 79.3 cm³/mol. The minimum absolute atomic E-state index is 0.0816. The molecule has 0 unspecified atom stereocenters. The number of anilines is 1. The summed E-state index contributed by atoms with van der Waals surface area (Å²) in [5.74, 6) is -0.963. The zero-order chi connectivity index (χ0) is 15.2. The van der Waals surface area contributed by atoms with Gasteiger partial charge in [0.25, 0.3) is 0 Å². The maximum Gasteiger partial charge on any atom is 0.411 e. The molecule has 0 saturated carbocycles. The van der Waals surface area contributed by atoms with Gasteiger partial charge in [-0.15, -0.1) is 0 Å². The summed E-state index contributed by atoms with van der Waals surface area (Å²) in [4.78, 5) is 21.6. The van der Waals surface area contributed by atoms with Gasteiger partial charge in [0.2, 0.25) is 0 Å². The number of carbonyl (C=O) groups excluding carboxylic acids is 1. The molecule has 6 heteroatoms. The summed E-state index contributed by atoms with van der Waals surface area (Å²) >= 11 is 0. The maximum atomic E-state index is 11.5. The smallest absolute Gasteiger partial charge is 0.411 e. The van der Waals surface area contributed by atoms with Crippen LogP contribution in [0.3, 0.4) is 0 Å². The van der Waals surface area contributed by atoms with E-state index < -0.39 is 16.6 Å². The van der Waals surface area contributed by atoms with E-state index in [1.807, 2.05) is 36.4 Å². The van der Waals surface area contributed by atoms with Crippen molar-refractivity contribution in [1.29, 1.82) is 0 Å². The van der Waals surface area contributed by atoms with Gasteiger partial charge in [-0.3, -0.25) is 10.1 Å². The third kappa shape index (κ3) is 3.36. The van der Waals surface area contributed by atoms with Gasteiger partial charge in [-0.1, -0.05) is 36.4 Å². The minimum Gasteiger partial charge on any atom is -0.458 e. The molecule has 0 bridgehead atoms. The molecule has 2 rings (SSSR count). The molecule has 0 spiro atoms. The van der Waals surface area contributed by atoms with Crippen LogP contribution in [0.5, 0.6) is 0 Å². The van der Waals surface area contributed by atoms with Gasteiger partial charge in [-0.2, -0.15) is 0 Å². The van der Waals surface area contributed by atoms with E-state index in [-0.39, 0.29) is 6.61 Å². The first kappa shape index (κ1) is 14.5. The van der Waals surface area contributed by atoms with Gasteiger partial charge in [0, 0.05) is 11.1 Å². The fraction of sp³-hybridized carbons (Fsp3) is 0.133. The van der Waals surface area contributed by atoms with Crippen LogP contribution < -0.4 is 5.32 Å². The predicted octanol–water partition coefficient (Wildman–Crippen LogP) is 2.93. The molecular weight excluding hydrogens is 272 g/mol. The number of benzene rings is 2. The number of carbonyl (C=O) groups is 1. The molecule has 0 radical (unpaired) electrons. The van der Waals surface area contributed by atoms with E-state index >= 15 is 0 Å². The first-order chi connectivity index (χ1) is 10.1. The Labute approximate surface area is 121 Å². The number of nitrogens with zero attached hydrogens (tertiary/aromatic N) is 1. The highest BCUT2D eigenvalue weighted by Gasteiger charge is 2.23. The molecule has 1 N–H and O–H groups in total. The number of ether oxygens (including phenoxy) is 1. The van der Waals surface area contributed by atoms with Gasteiger partial charge in [-0.05, 0) is 18.4 Å². The van der Waals surface area contributed by atoms with Gasteiger partial charge < -0.3 is 10.1 Å². The summed E-state index contributed by atoms with van der Waals surface area (Å²) in [6, 6.07) is 13.1. The van der Waals surface area contributed by atoms with Crippen molar-refractivity contribution in [3.05, 3.63) is 64.5 Å². The lowest BCUT2D eigenvalue weighted by Gasteiger charge is -2.06. The Balaban J connectivity index is 2.32. The highest BCUT2D eigenvalue weighted by molar-refractivity contribution is 5.94. The number of nitrogens with one attached hydrogen (secondary N) is 1. The van der Waals surface area contributed by atoms with Crippen molar-refractivity contribution in [1.82, 2.24) is 0 Å². The minimum atomic E-state index is -0.963. The molecule has 0 aromatic heterocycles. The SMILES string of the molecule is CCOC(=O)/C(=C\Nc1cccc2ccccc12)[N+](=O)[O-]. The van der Waals surface area contributed by atoms with Crippen LogP contribution in [0.25, 0.3) is 10.8 Å². The van der Waals surface area contributed by atoms with Gasteiger partial charge in [0.05, 0.1) is 17.7 Å². The molecule has 21 heavy (non-hydrogen) atoms. The number of rotatable bonds is 5. The second-order valence-corrected chi connectivity index (χ2v) is 4.18. The van der Waals surface area contributed by atoms with Crippen LogP contribution in [0, 0.1) is 10.1 Å².